The fourth-order valence-corrected chi connectivity index (χ4v) is 5.19. The second-order valence-corrected chi connectivity index (χ2v) is 10.3. The zero-order valence-corrected chi connectivity index (χ0v) is 26.8. The van der Waals surface area contributed by atoms with E-state index in [-0.39, 0.29) is 14.9 Å². The van der Waals surface area contributed by atoms with Crippen molar-refractivity contribution >= 4 is 34.6 Å². The minimum Gasteiger partial charge on any atom is -0.372 e. The Morgan fingerprint density at radius 3 is 1.24 bits per heavy atom. The van der Waals surface area contributed by atoms with Gasteiger partial charge in [-0.2, -0.15) is 0 Å². The van der Waals surface area contributed by atoms with Gasteiger partial charge in [0.1, 0.15) is 11.4 Å². The molecule has 0 bridgehead atoms. The Morgan fingerprint density at radius 2 is 0.933 bits per heavy atom. The van der Waals surface area contributed by atoms with Gasteiger partial charge < -0.3 is 9.80 Å². The standard InChI is InChI=1S/C33H48N10.2CH4/c1-7-38(30-18-14-28(15-19-30)34-36-32-40(9-3)24-25-41(32)10-4)22-13-23-39(8-2)31-20-16-29(17-21-31)35-37-33-42(11-5)26-27-43(33)12-6;;/h14-21,24-27H,7-13,22-23H2,1-6H3;2*1H4/q+2;;. The van der Waals surface area contributed by atoms with E-state index in [4.69, 9.17) is 0 Å². The molecule has 4 rings (SSSR count). The number of rotatable bonds is 16. The van der Waals surface area contributed by atoms with Crippen LogP contribution < -0.4 is 18.9 Å². The average molecular weight is 617 g/mol. The maximum atomic E-state index is 4.54. The normalized spacial score (nSPS) is 11.2. The minimum atomic E-state index is 0. The molecule has 4 aromatic rings. The molecule has 10 nitrogen and oxygen atoms in total. The minimum absolute atomic E-state index is 0. The van der Waals surface area contributed by atoms with Gasteiger partial charge in [-0.15, -0.1) is 0 Å². The Morgan fingerprint density at radius 1 is 0.556 bits per heavy atom. The van der Waals surface area contributed by atoms with E-state index in [9.17, 15) is 0 Å². The molecule has 0 aliphatic heterocycles. The third-order valence-electron chi connectivity index (χ3n) is 7.80. The van der Waals surface area contributed by atoms with E-state index in [1.54, 1.807) is 0 Å². The van der Waals surface area contributed by atoms with Crippen LogP contribution in [0.2, 0.25) is 0 Å². The molecule has 0 fully saturated rings. The van der Waals surface area contributed by atoms with Gasteiger partial charge in [0.25, 0.3) is 0 Å². The number of aromatic nitrogens is 4. The molecular formula is C35H56N10+2. The molecule has 2 heterocycles. The number of nitrogens with zero attached hydrogens (tertiary/aromatic N) is 10. The summed E-state index contributed by atoms with van der Waals surface area (Å²) < 4.78 is 8.42. The number of anilines is 2. The van der Waals surface area contributed by atoms with Crippen molar-refractivity contribution in [1.82, 2.24) is 9.13 Å². The van der Waals surface area contributed by atoms with Crippen LogP contribution in [0.4, 0.5) is 34.6 Å². The highest BCUT2D eigenvalue weighted by Crippen LogP contribution is 2.24. The van der Waals surface area contributed by atoms with E-state index in [2.05, 4.69) is 163 Å². The van der Waals surface area contributed by atoms with Crippen LogP contribution in [0.15, 0.2) is 93.8 Å². The van der Waals surface area contributed by atoms with Gasteiger partial charge in [0.2, 0.25) is 0 Å². The summed E-state index contributed by atoms with van der Waals surface area (Å²) in [5, 5.41) is 18.1. The van der Waals surface area contributed by atoms with Gasteiger partial charge >= 0.3 is 11.9 Å². The maximum Gasteiger partial charge on any atom is 0.421 e. The molecule has 0 aliphatic carbocycles. The fraction of sp³-hybridized carbons (Fsp3) is 0.486. The van der Waals surface area contributed by atoms with Gasteiger partial charge in [-0.25, -0.2) is 18.3 Å². The van der Waals surface area contributed by atoms with Crippen molar-refractivity contribution in [1.29, 1.82) is 0 Å². The van der Waals surface area contributed by atoms with E-state index >= 15 is 0 Å². The first-order chi connectivity index (χ1) is 21.0. The van der Waals surface area contributed by atoms with E-state index < -0.39 is 0 Å². The summed E-state index contributed by atoms with van der Waals surface area (Å²) in [6.45, 7) is 20.2. The average Bonchev–Trinajstić information content (AvgIpc) is 3.66. The predicted octanol–water partition coefficient (Wildman–Crippen LogP) is 8.79. The summed E-state index contributed by atoms with van der Waals surface area (Å²) in [5.74, 6) is 1.74. The van der Waals surface area contributed by atoms with E-state index in [0.29, 0.717) is 0 Å². The smallest absolute Gasteiger partial charge is 0.372 e. The first kappa shape index (κ1) is 36.8. The lowest BCUT2D eigenvalue weighted by Gasteiger charge is -2.27. The molecule has 0 spiro atoms. The van der Waals surface area contributed by atoms with Crippen molar-refractivity contribution in [3.05, 3.63) is 73.3 Å². The van der Waals surface area contributed by atoms with E-state index in [1.807, 2.05) is 0 Å². The zero-order chi connectivity index (χ0) is 30.6. The lowest BCUT2D eigenvalue weighted by atomic mass is 10.2. The molecule has 45 heavy (non-hydrogen) atoms. The van der Waals surface area contributed by atoms with Crippen molar-refractivity contribution < 1.29 is 9.13 Å². The first-order valence-corrected chi connectivity index (χ1v) is 15.8. The Balaban J connectivity index is 0.00000353. The lowest BCUT2D eigenvalue weighted by molar-refractivity contribution is -0.680. The Labute approximate surface area is 271 Å². The van der Waals surface area contributed by atoms with Crippen LogP contribution >= 0.6 is 0 Å². The summed E-state index contributed by atoms with van der Waals surface area (Å²) >= 11 is 0. The molecule has 10 heteroatoms. The van der Waals surface area contributed by atoms with Crippen molar-refractivity contribution in [2.75, 3.05) is 36.0 Å². The number of imidazole rings is 2. The van der Waals surface area contributed by atoms with E-state index in [0.717, 1.165) is 82.1 Å². The summed E-state index contributed by atoms with van der Waals surface area (Å²) in [4.78, 5) is 4.83. The number of hydrogen-bond acceptors (Lipinski definition) is 6. The first-order valence-electron chi connectivity index (χ1n) is 15.8. The van der Waals surface area contributed by atoms with Gasteiger partial charge in [0.15, 0.2) is 0 Å². The molecule has 0 saturated carbocycles. The molecule has 0 radical (unpaired) electrons. The fourth-order valence-electron chi connectivity index (χ4n) is 5.19. The number of hydrogen-bond donors (Lipinski definition) is 0. The number of benzene rings is 2. The van der Waals surface area contributed by atoms with E-state index in [1.165, 1.54) is 11.4 Å². The van der Waals surface area contributed by atoms with Crippen molar-refractivity contribution in [2.24, 2.45) is 20.5 Å². The van der Waals surface area contributed by atoms with Crippen LogP contribution in [-0.4, -0.2) is 35.3 Å². The van der Waals surface area contributed by atoms with Crippen LogP contribution in [0.25, 0.3) is 0 Å². The lowest BCUT2D eigenvalue weighted by Crippen LogP contribution is -2.30. The van der Waals surface area contributed by atoms with Crippen LogP contribution in [0, 0.1) is 0 Å². The summed E-state index contributed by atoms with van der Waals surface area (Å²) in [6, 6.07) is 16.8. The van der Waals surface area contributed by atoms with Gasteiger partial charge in [0.05, 0.1) is 51.0 Å². The van der Waals surface area contributed by atoms with Crippen molar-refractivity contribution in [2.45, 2.75) is 89.0 Å². The monoisotopic (exact) mass is 616 g/mol. The Hall–Kier alpha value is -4.34. The Bertz CT molecular complexity index is 1310. The summed E-state index contributed by atoms with van der Waals surface area (Å²) in [7, 11) is 0. The highest BCUT2D eigenvalue weighted by atomic mass is 15.3. The van der Waals surface area contributed by atoms with Gasteiger partial charge in [0, 0.05) is 47.8 Å². The molecular weight excluding hydrogens is 560 g/mol. The molecule has 0 aliphatic rings. The molecule has 0 atom stereocenters. The SMILES string of the molecule is C.C.CCN(CCCN(CC)c1ccc(N=Nc2n(CC)cc[n+]2CC)cc1)c1ccc(N=Nc2n(CC)cc[n+]2CC)cc1. The molecule has 0 unspecified atom stereocenters. The van der Waals surface area contributed by atoms with Crippen molar-refractivity contribution in [3.63, 3.8) is 0 Å². The molecule has 0 amide bonds. The predicted molar refractivity (Wildman–Crippen MR) is 187 cm³/mol. The Kier molecular flexibility index (Phi) is 15.1. The second-order valence-electron chi connectivity index (χ2n) is 10.3. The summed E-state index contributed by atoms with van der Waals surface area (Å²) in [6.07, 6.45) is 9.26. The van der Waals surface area contributed by atoms with Gasteiger partial charge in [-0.3, -0.25) is 0 Å². The molecule has 244 valence electrons. The van der Waals surface area contributed by atoms with Crippen LogP contribution in [0.5, 0.6) is 0 Å². The zero-order valence-electron chi connectivity index (χ0n) is 26.8. The highest BCUT2D eigenvalue weighted by molar-refractivity contribution is 5.54. The van der Waals surface area contributed by atoms with Gasteiger partial charge in [-0.1, -0.05) is 25.1 Å². The maximum absolute atomic E-state index is 4.54. The largest absolute Gasteiger partial charge is 0.421 e. The van der Waals surface area contributed by atoms with Crippen LogP contribution in [-0.2, 0) is 26.2 Å². The molecule has 2 aromatic heterocycles. The number of azo groups is 2. The summed E-state index contributed by atoms with van der Waals surface area (Å²) in [5.41, 5.74) is 4.13. The third kappa shape index (κ3) is 9.33. The quantitative estimate of drug-likeness (QED) is 0.0932. The van der Waals surface area contributed by atoms with Crippen molar-refractivity contribution in [3.8, 4) is 0 Å². The van der Waals surface area contributed by atoms with Crippen LogP contribution in [0.3, 0.4) is 0 Å². The second kappa shape index (κ2) is 18.5. The number of aryl methyl sites for hydroxylation is 4. The van der Waals surface area contributed by atoms with Crippen LogP contribution in [0.1, 0.15) is 62.8 Å². The highest BCUT2D eigenvalue weighted by Gasteiger charge is 2.16. The topological polar surface area (TPSA) is 73.5 Å². The molecule has 0 N–H and O–H groups in total. The third-order valence-corrected chi connectivity index (χ3v) is 7.80. The molecule has 0 saturated heterocycles. The molecule has 2 aromatic carbocycles. The van der Waals surface area contributed by atoms with Gasteiger partial charge in [-0.05, 0) is 96.5 Å².